The summed E-state index contributed by atoms with van der Waals surface area (Å²) in [7, 11) is 0. The van der Waals surface area contributed by atoms with Crippen LogP contribution in [0.15, 0.2) is 67.4 Å². The molecule has 126 valence electrons. The highest BCUT2D eigenvalue weighted by Gasteiger charge is 2.29. The molecular weight excluding hydrogens is 327 g/mol. The molecule has 0 saturated carbocycles. The van der Waals surface area contributed by atoms with Crippen LogP contribution >= 0.6 is 0 Å². The largest absolute Gasteiger partial charge is 0.416 e. The average Bonchev–Trinajstić information content (AvgIpc) is 2.61. The molecule has 0 spiro atoms. The van der Waals surface area contributed by atoms with Gasteiger partial charge in [0.2, 0.25) is 5.95 Å². The fourth-order valence-electron chi connectivity index (χ4n) is 2.35. The molecule has 1 N–H and O–H groups in total. The third kappa shape index (κ3) is 3.85. The number of rotatable bonds is 4. The molecule has 3 nitrogen and oxygen atoms in total. The molecule has 0 amide bonds. The zero-order chi connectivity index (χ0) is 17.9. The minimum Gasteiger partial charge on any atom is -0.324 e. The number of anilines is 2. The molecule has 0 unspecified atom stereocenters. The lowest BCUT2D eigenvalue weighted by molar-refractivity contribution is -0.137. The Hall–Kier alpha value is -3.15. The van der Waals surface area contributed by atoms with Crippen LogP contribution < -0.4 is 5.32 Å². The van der Waals surface area contributed by atoms with Gasteiger partial charge in [0, 0.05) is 17.4 Å². The summed E-state index contributed by atoms with van der Waals surface area (Å²) in [6.07, 6.45) is -1.03. The Morgan fingerprint density at radius 1 is 0.960 bits per heavy atom. The summed E-state index contributed by atoms with van der Waals surface area (Å²) in [4.78, 5) is 8.54. The normalized spacial score (nSPS) is 11.2. The van der Waals surface area contributed by atoms with E-state index in [9.17, 15) is 13.2 Å². The molecule has 6 heteroatoms. The van der Waals surface area contributed by atoms with E-state index in [4.69, 9.17) is 0 Å². The van der Waals surface area contributed by atoms with Crippen molar-refractivity contribution >= 4 is 17.7 Å². The van der Waals surface area contributed by atoms with Gasteiger partial charge in [-0.2, -0.15) is 13.2 Å². The van der Waals surface area contributed by atoms with Gasteiger partial charge in [-0.05, 0) is 35.9 Å². The van der Waals surface area contributed by atoms with Gasteiger partial charge in [0.15, 0.2) is 0 Å². The molecule has 1 aromatic heterocycles. The zero-order valence-corrected chi connectivity index (χ0v) is 13.1. The SMILES string of the molecule is C=Cc1ccccc1-c1ccnc(Nc2ccc(C(F)(F)F)cc2)n1. The summed E-state index contributed by atoms with van der Waals surface area (Å²) in [5, 5.41) is 2.91. The second kappa shape index (κ2) is 6.76. The Bertz CT molecular complexity index is 887. The van der Waals surface area contributed by atoms with Crippen LogP contribution in [0.1, 0.15) is 11.1 Å². The van der Waals surface area contributed by atoms with Crippen molar-refractivity contribution < 1.29 is 13.2 Å². The molecule has 0 saturated heterocycles. The first-order valence-corrected chi connectivity index (χ1v) is 7.46. The first-order valence-electron chi connectivity index (χ1n) is 7.46. The summed E-state index contributed by atoms with van der Waals surface area (Å²) >= 11 is 0. The average molecular weight is 341 g/mol. The highest BCUT2D eigenvalue weighted by molar-refractivity contribution is 5.73. The monoisotopic (exact) mass is 341 g/mol. The van der Waals surface area contributed by atoms with Crippen LogP contribution in [0.2, 0.25) is 0 Å². The highest BCUT2D eigenvalue weighted by Crippen LogP contribution is 2.30. The second-order valence-electron chi connectivity index (χ2n) is 5.26. The van der Waals surface area contributed by atoms with Gasteiger partial charge in [-0.25, -0.2) is 9.97 Å². The van der Waals surface area contributed by atoms with Gasteiger partial charge in [0.05, 0.1) is 11.3 Å². The molecule has 0 aliphatic heterocycles. The number of alkyl halides is 3. The second-order valence-corrected chi connectivity index (χ2v) is 5.26. The minimum absolute atomic E-state index is 0.302. The van der Waals surface area contributed by atoms with Crippen molar-refractivity contribution in [1.82, 2.24) is 9.97 Å². The first-order chi connectivity index (χ1) is 12.0. The van der Waals surface area contributed by atoms with Gasteiger partial charge >= 0.3 is 6.18 Å². The fourth-order valence-corrected chi connectivity index (χ4v) is 2.35. The van der Waals surface area contributed by atoms with Crippen molar-refractivity contribution in [3.63, 3.8) is 0 Å². The van der Waals surface area contributed by atoms with E-state index in [1.807, 2.05) is 24.3 Å². The maximum Gasteiger partial charge on any atom is 0.416 e. The molecule has 0 atom stereocenters. The van der Waals surface area contributed by atoms with Crippen molar-refractivity contribution in [2.45, 2.75) is 6.18 Å². The molecule has 3 rings (SSSR count). The van der Waals surface area contributed by atoms with E-state index in [1.165, 1.54) is 12.1 Å². The van der Waals surface area contributed by atoms with Crippen LogP contribution in [0.4, 0.5) is 24.8 Å². The molecule has 0 aliphatic rings. The van der Waals surface area contributed by atoms with Crippen molar-refractivity contribution in [2.24, 2.45) is 0 Å². The lowest BCUT2D eigenvalue weighted by Gasteiger charge is -2.10. The van der Waals surface area contributed by atoms with E-state index in [2.05, 4.69) is 21.9 Å². The van der Waals surface area contributed by atoms with Crippen molar-refractivity contribution in [3.8, 4) is 11.3 Å². The van der Waals surface area contributed by atoms with E-state index >= 15 is 0 Å². The van der Waals surface area contributed by atoms with Gasteiger partial charge in [-0.15, -0.1) is 0 Å². The molecule has 25 heavy (non-hydrogen) atoms. The van der Waals surface area contributed by atoms with Crippen molar-refractivity contribution in [2.75, 3.05) is 5.32 Å². The summed E-state index contributed by atoms with van der Waals surface area (Å²) in [6.45, 7) is 3.78. The Labute approximate surface area is 142 Å². The third-order valence-corrected chi connectivity index (χ3v) is 3.58. The molecule has 1 heterocycles. The summed E-state index contributed by atoms with van der Waals surface area (Å²) in [5.74, 6) is 0.302. The molecular formula is C19H14F3N3. The van der Waals surface area contributed by atoms with Gasteiger partial charge in [0.25, 0.3) is 0 Å². The summed E-state index contributed by atoms with van der Waals surface area (Å²) < 4.78 is 37.8. The lowest BCUT2D eigenvalue weighted by Crippen LogP contribution is -2.05. The summed E-state index contributed by atoms with van der Waals surface area (Å²) in [5.41, 5.74) is 2.30. The van der Waals surface area contributed by atoms with E-state index in [-0.39, 0.29) is 0 Å². The fraction of sp³-hybridized carbons (Fsp3) is 0.0526. The van der Waals surface area contributed by atoms with Crippen molar-refractivity contribution in [1.29, 1.82) is 0 Å². The molecule has 3 aromatic rings. The van der Waals surface area contributed by atoms with Gasteiger partial charge < -0.3 is 5.32 Å². The minimum atomic E-state index is -4.36. The Morgan fingerprint density at radius 2 is 1.68 bits per heavy atom. The lowest BCUT2D eigenvalue weighted by atomic mass is 10.0. The van der Waals surface area contributed by atoms with Gasteiger partial charge in [0.1, 0.15) is 0 Å². The Balaban J connectivity index is 1.86. The molecule has 0 radical (unpaired) electrons. The Kier molecular flexibility index (Phi) is 4.52. The van der Waals surface area contributed by atoms with E-state index in [0.29, 0.717) is 17.3 Å². The standard InChI is InChI=1S/C19H14F3N3/c1-2-13-5-3-4-6-16(13)17-11-12-23-18(25-17)24-15-9-7-14(8-10-15)19(20,21)22/h2-12H,1H2,(H,23,24,25). The molecule has 0 fully saturated rings. The van der Waals surface area contributed by atoms with E-state index in [0.717, 1.165) is 23.3 Å². The topological polar surface area (TPSA) is 37.8 Å². The predicted octanol–water partition coefficient (Wildman–Crippen LogP) is 5.55. The zero-order valence-electron chi connectivity index (χ0n) is 13.1. The Morgan fingerprint density at radius 3 is 2.36 bits per heavy atom. The molecule has 2 aromatic carbocycles. The summed E-state index contributed by atoms with van der Waals surface area (Å²) in [6, 6.07) is 14.1. The van der Waals surface area contributed by atoms with Crippen LogP contribution in [-0.2, 0) is 6.18 Å². The molecule has 0 bridgehead atoms. The number of aromatic nitrogens is 2. The van der Waals surface area contributed by atoms with Crippen LogP contribution in [0, 0.1) is 0 Å². The van der Waals surface area contributed by atoms with Crippen LogP contribution in [-0.4, -0.2) is 9.97 Å². The maximum atomic E-state index is 12.6. The number of nitrogens with one attached hydrogen (secondary N) is 1. The van der Waals surface area contributed by atoms with Crippen LogP contribution in [0.3, 0.4) is 0 Å². The highest BCUT2D eigenvalue weighted by atomic mass is 19.4. The van der Waals surface area contributed by atoms with E-state index < -0.39 is 11.7 Å². The number of hydrogen-bond donors (Lipinski definition) is 1. The predicted molar refractivity (Wildman–Crippen MR) is 92.3 cm³/mol. The number of nitrogens with zero attached hydrogens (tertiary/aromatic N) is 2. The van der Waals surface area contributed by atoms with Crippen LogP contribution in [0.25, 0.3) is 17.3 Å². The van der Waals surface area contributed by atoms with Gasteiger partial charge in [-0.3, -0.25) is 0 Å². The third-order valence-electron chi connectivity index (χ3n) is 3.58. The first kappa shape index (κ1) is 16.7. The number of halogens is 3. The quantitative estimate of drug-likeness (QED) is 0.676. The van der Waals surface area contributed by atoms with E-state index in [1.54, 1.807) is 18.3 Å². The number of hydrogen-bond acceptors (Lipinski definition) is 3. The molecule has 0 aliphatic carbocycles. The maximum absolute atomic E-state index is 12.6. The van der Waals surface area contributed by atoms with Crippen molar-refractivity contribution in [3.05, 3.63) is 78.5 Å². The smallest absolute Gasteiger partial charge is 0.324 e. The van der Waals surface area contributed by atoms with Crippen LogP contribution in [0.5, 0.6) is 0 Å². The van der Waals surface area contributed by atoms with Gasteiger partial charge in [-0.1, -0.05) is 36.9 Å². The number of benzene rings is 2.